The van der Waals surface area contributed by atoms with Gasteiger partial charge < -0.3 is 5.32 Å². The molecule has 0 amide bonds. The van der Waals surface area contributed by atoms with Crippen molar-refractivity contribution in [2.75, 3.05) is 6.54 Å². The zero-order valence-electron chi connectivity index (χ0n) is 9.57. The molecule has 16 heavy (non-hydrogen) atoms. The fourth-order valence-corrected chi connectivity index (χ4v) is 1.38. The van der Waals surface area contributed by atoms with Crippen LogP contribution in [-0.2, 0) is 6.54 Å². The molecule has 0 aliphatic carbocycles. The molecule has 0 radical (unpaired) electrons. The lowest BCUT2D eigenvalue weighted by molar-refractivity contribution is 0.626. The van der Waals surface area contributed by atoms with Crippen molar-refractivity contribution in [1.29, 1.82) is 5.26 Å². The summed E-state index contributed by atoms with van der Waals surface area (Å²) in [4.78, 5) is 4.22. The minimum Gasteiger partial charge on any atom is -0.313 e. The Morgan fingerprint density at radius 1 is 1.44 bits per heavy atom. The van der Waals surface area contributed by atoms with E-state index >= 15 is 0 Å². The van der Waals surface area contributed by atoms with Gasteiger partial charge in [0.1, 0.15) is 0 Å². The van der Waals surface area contributed by atoms with E-state index in [1.54, 1.807) is 0 Å². The average molecular weight is 240 g/mol. The number of hydrogen-bond donors (Lipinski definition) is 1. The number of pyridine rings is 1. The van der Waals surface area contributed by atoms with Crippen molar-refractivity contribution < 1.29 is 0 Å². The lowest BCUT2D eigenvalue weighted by Crippen LogP contribution is -2.15. The first kappa shape index (κ1) is 14.9. The van der Waals surface area contributed by atoms with Gasteiger partial charge in [0.05, 0.1) is 6.07 Å². The summed E-state index contributed by atoms with van der Waals surface area (Å²) in [7, 11) is 0. The van der Waals surface area contributed by atoms with E-state index in [0.717, 1.165) is 31.6 Å². The molecule has 0 spiro atoms. The number of nitriles is 1. The molecule has 1 rings (SSSR count). The van der Waals surface area contributed by atoms with Crippen molar-refractivity contribution in [3.05, 3.63) is 29.6 Å². The first-order valence-electron chi connectivity index (χ1n) is 5.32. The van der Waals surface area contributed by atoms with E-state index in [9.17, 15) is 0 Å². The van der Waals surface area contributed by atoms with Gasteiger partial charge in [0, 0.05) is 24.9 Å². The van der Waals surface area contributed by atoms with Crippen molar-refractivity contribution in [3.8, 4) is 6.07 Å². The van der Waals surface area contributed by atoms with E-state index < -0.39 is 0 Å². The van der Waals surface area contributed by atoms with Crippen LogP contribution in [0.5, 0.6) is 0 Å². The summed E-state index contributed by atoms with van der Waals surface area (Å²) in [5.41, 5.74) is 2.33. The zero-order valence-corrected chi connectivity index (χ0v) is 10.4. The van der Waals surface area contributed by atoms with Crippen LogP contribution in [0.1, 0.15) is 30.5 Å². The maximum atomic E-state index is 8.36. The molecule has 0 aliphatic rings. The van der Waals surface area contributed by atoms with E-state index in [1.165, 1.54) is 5.56 Å². The third-order valence-electron chi connectivity index (χ3n) is 2.32. The number of aromatic nitrogens is 1. The number of nitrogens with zero attached hydrogens (tertiary/aromatic N) is 2. The zero-order chi connectivity index (χ0) is 10.9. The SMILES string of the molecule is Cc1ncccc1CNCCCCC#N.Cl. The van der Waals surface area contributed by atoms with E-state index in [4.69, 9.17) is 5.26 Å². The molecular weight excluding hydrogens is 222 g/mol. The molecular formula is C12H18ClN3. The van der Waals surface area contributed by atoms with Crippen molar-refractivity contribution in [1.82, 2.24) is 10.3 Å². The third kappa shape index (κ3) is 5.69. The monoisotopic (exact) mass is 239 g/mol. The lowest BCUT2D eigenvalue weighted by atomic mass is 10.2. The maximum absolute atomic E-state index is 8.36. The summed E-state index contributed by atoms with van der Waals surface area (Å²) in [5, 5.41) is 11.7. The molecule has 0 saturated carbocycles. The van der Waals surface area contributed by atoms with Crippen molar-refractivity contribution in [2.45, 2.75) is 32.7 Å². The molecule has 0 unspecified atom stereocenters. The van der Waals surface area contributed by atoms with Crippen LogP contribution in [0.2, 0.25) is 0 Å². The van der Waals surface area contributed by atoms with Gasteiger partial charge in [0.2, 0.25) is 0 Å². The van der Waals surface area contributed by atoms with Gasteiger partial charge in [0.25, 0.3) is 0 Å². The second-order valence-corrected chi connectivity index (χ2v) is 3.54. The predicted octanol–water partition coefficient (Wildman–Crippen LogP) is 2.60. The molecule has 1 N–H and O–H groups in total. The number of rotatable bonds is 6. The van der Waals surface area contributed by atoms with E-state index in [-0.39, 0.29) is 12.4 Å². The summed E-state index contributed by atoms with van der Waals surface area (Å²) in [6, 6.07) is 6.19. The van der Waals surface area contributed by atoms with Gasteiger partial charge in [-0.05, 0) is 37.9 Å². The van der Waals surface area contributed by atoms with Crippen LogP contribution in [-0.4, -0.2) is 11.5 Å². The highest BCUT2D eigenvalue weighted by Gasteiger charge is 1.96. The molecule has 3 nitrogen and oxygen atoms in total. The molecule has 88 valence electrons. The highest BCUT2D eigenvalue weighted by Crippen LogP contribution is 2.02. The van der Waals surface area contributed by atoms with Crippen LogP contribution in [0.4, 0.5) is 0 Å². The molecule has 4 heteroatoms. The van der Waals surface area contributed by atoms with E-state index in [0.29, 0.717) is 6.42 Å². The molecule has 0 bridgehead atoms. The molecule has 1 aromatic rings. The van der Waals surface area contributed by atoms with E-state index in [2.05, 4.69) is 22.4 Å². The minimum atomic E-state index is 0. The first-order valence-corrected chi connectivity index (χ1v) is 5.32. The molecule has 0 aromatic carbocycles. The molecule has 0 aliphatic heterocycles. The summed E-state index contributed by atoms with van der Waals surface area (Å²) in [5.74, 6) is 0. The van der Waals surface area contributed by atoms with Crippen LogP contribution < -0.4 is 5.32 Å². The van der Waals surface area contributed by atoms with Crippen LogP contribution in [0, 0.1) is 18.3 Å². The largest absolute Gasteiger partial charge is 0.313 e. The van der Waals surface area contributed by atoms with Crippen LogP contribution >= 0.6 is 12.4 Å². The van der Waals surface area contributed by atoms with Gasteiger partial charge in [-0.1, -0.05) is 6.07 Å². The number of nitrogens with one attached hydrogen (secondary N) is 1. The van der Waals surface area contributed by atoms with Gasteiger partial charge in [-0.25, -0.2) is 0 Å². The van der Waals surface area contributed by atoms with Crippen LogP contribution in [0.3, 0.4) is 0 Å². The van der Waals surface area contributed by atoms with Crippen LogP contribution in [0.15, 0.2) is 18.3 Å². The minimum absolute atomic E-state index is 0. The number of unbranched alkanes of at least 4 members (excludes halogenated alkanes) is 2. The summed E-state index contributed by atoms with van der Waals surface area (Å²) < 4.78 is 0. The number of hydrogen-bond acceptors (Lipinski definition) is 3. The second kappa shape index (κ2) is 9.14. The number of halogens is 1. The molecule has 1 aromatic heterocycles. The summed E-state index contributed by atoms with van der Waals surface area (Å²) in [6.45, 7) is 3.86. The van der Waals surface area contributed by atoms with Gasteiger partial charge in [0.15, 0.2) is 0 Å². The first-order chi connectivity index (χ1) is 7.34. The second-order valence-electron chi connectivity index (χ2n) is 3.54. The van der Waals surface area contributed by atoms with Gasteiger partial charge in [-0.2, -0.15) is 5.26 Å². The topological polar surface area (TPSA) is 48.7 Å². The Balaban J connectivity index is 0.00000225. The molecule has 1 heterocycles. The Hall–Kier alpha value is -1.11. The fraction of sp³-hybridized carbons (Fsp3) is 0.500. The Kier molecular flexibility index (Phi) is 8.51. The van der Waals surface area contributed by atoms with Gasteiger partial charge in [-0.3, -0.25) is 4.98 Å². The van der Waals surface area contributed by atoms with Crippen molar-refractivity contribution in [2.24, 2.45) is 0 Å². The van der Waals surface area contributed by atoms with Crippen molar-refractivity contribution in [3.63, 3.8) is 0 Å². The average Bonchev–Trinajstić information content (AvgIpc) is 2.25. The normalized spacial score (nSPS) is 9.25. The Morgan fingerprint density at radius 2 is 2.25 bits per heavy atom. The Bertz CT molecular complexity index is 333. The molecule has 0 fully saturated rings. The van der Waals surface area contributed by atoms with E-state index in [1.807, 2.05) is 19.2 Å². The quantitative estimate of drug-likeness (QED) is 0.777. The van der Waals surface area contributed by atoms with Gasteiger partial charge >= 0.3 is 0 Å². The lowest BCUT2D eigenvalue weighted by Gasteiger charge is -2.05. The maximum Gasteiger partial charge on any atom is 0.0621 e. The van der Waals surface area contributed by atoms with Gasteiger partial charge in [-0.15, -0.1) is 12.4 Å². The Morgan fingerprint density at radius 3 is 2.94 bits per heavy atom. The molecule has 0 atom stereocenters. The summed E-state index contributed by atoms with van der Waals surface area (Å²) in [6.07, 6.45) is 4.52. The predicted molar refractivity (Wildman–Crippen MR) is 67.4 cm³/mol. The van der Waals surface area contributed by atoms with Crippen molar-refractivity contribution >= 4 is 12.4 Å². The van der Waals surface area contributed by atoms with Crippen LogP contribution in [0.25, 0.3) is 0 Å². The highest BCUT2D eigenvalue weighted by atomic mass is 35.5. The highest BCUT2D eigenvalue weighted by molar-refractivity contribution is 5.85. The fourth-order valence-electron chi connectivity index (χ4n) is 1.38. The standard InChI is InChI=1S/C12H17N3.ClH/c1-11-12(6-5-9-15-11)10-14-8-4-2-3-7-13;/h5-6,9,14H,2-4,8,10H2,1H3;1H. The Labute approximate surface area is 103 Å². The smallest absolute Gasteiger partial charge is 0.0621 e. The third-order valence-corrected chi connectivity index (χ3v) is 2.32. The molecule has 0 saturated heterocycles. The summed E-state index contributed by atoms with van der Waals surface area (Å²) >= 11 is 0. The number of aryl methyl sites for hydroxylation is 1.